The lowest BCUT2D eigenvalue weighted by atomic mass is 9.39. The molecule has 0 N–H and O–H groups in total. The first-order chi connectivity index (χ1) is 23.8. The highest BCUT2D eigenvalue weighted by Crippen LogP contribution is 2.89. The molecule has 4 nitrogen and oxygen atoms in total. The van der Waals surface area contributed by atoms with Crippen LogP contribution in [0, 0.1) is 0 Å². The van der Waals surface area contributed by atoms with E-state index in [1.165, 1.54) is 0 Å². The molecular weight excluding hydrogens is 922 g/mol. The van der Waals surface area contributed by atoms with Crippen molar-refractivity contribution in [3.8, 4) is 0 Å². The quantitative estimate of drug-likeness (QED) is 0.124. The summed E-state index contributed by atoms with van der Waals surface area (Å²) in [5, 5.41) is -10.4. The molecule has 0 aromatic heterocycles. The molecule has 4 saturated carbocycles. The van der Waals surface area contributed by atoms with Crippen molar-refractivity contribution in [3.05, 3.63) is 0 Å². The van der Waals surface area contributed by atoms with Crippen molar-refractivity contribution in [1.82, 2.24) is 10.7 Å². The summed E-state index contributed by atoms with van der Waals surface area (Å²) in [7, 11) is 0. The predicted molar refractivity (Wildman–Crippen MR) is 92.7 cm³/mol. The van der Waals surface area contributed by atoms with Gasteiger partial charge in [-0.25, -0.2) is 17.6 Å². The maximum Gasteiger partial charge on any atom is 0.458 e. The molecule has 2 unspecified atom stereocenters. The third-order valence-electron chi connectivity index (χ3n) is 8.59. The SMILES string of the molecule is FN(F)C(F)(C(F)(F)OC12C(F)(F)C3(F)C(F)(F)C(F)(C1(F)F)C(F)(F)C(OC(F)(F)C(F)(N(F)F)C(F)(F)C(F)(F)F)(C3(F)F)C2(F)F)C(F)(F)C(F)(F)F. The minimum atomic E-state index is -10.1. The zero-order valence-electron chi connectivity index (χ0n) is 23.6. The van der Waals surface area contributed by atoms with Crippen LogP contribution in [0.5, 0.6) is 0 Å². The van der Waals surface area contributed by atoms with Crippen LogP contribution in [0.25, 0.3) is 0 Å². The highest BCUT2D eigenvalue weighted by Gasteiger charge is 3.24. The first kappa shape index (κ1) is 47.8. The first-order valence-corrected chi connectivity index (χ1v) is 12.1. The Bertz CT molecular complexity index is 1450. The van der Waals surface area contributed by atoms with Gasteiger partial charge in [0.2, 0.25) is 0 Å². The van der Waals surface area contributed by atoms with E-state index >= 15 is 52.7 Å². The van der Waals surface area contributed by atoms with Crippen molar-refractivity contribution in [1.29, 1.82) is 0 Å². The molecule has 4 bridgehead atoms. The van der Waals surface area contributed by atoms with Crippen molar-refractivity contribution in [2.24, 2.45) is 0 Å². The Morgan fingerprint density at radius 1 is 0.304 bits per heavy atom. The van der Waals surface area contributed by atoms with Gasteiger partial charge in [0, 0.05) is 0 Å². The minimum absolute atomic E-state index is 1.05. The Morgan fingerprint density at radius 2 is 0.500 bits per heavy atom. The fraction of sp³-hybridized carbons (Fsp3) is 1.00. The third-order valence-corrected chi connectivity index (χ3v) is 8.59. The molecule has 4 rings (SSSR count). The number of hydrogen-bond acceptors (Lipinski definition) is 4. The molecule has 0 radical (unpaired) electrons. The molecule has 332 valence electrons. The smallest absolute Gasteiger partial charge is 0.290 e. The molecule has 0 saturated heterocycles. The maximum atomic E-state index is 15.8. The van der Waals surface area contributed by atoms with Crippen LogP contribution in [0.4, 0.5) is 150 Å². The highest BCUT2D eigenvalue weighted by molar-refractivity contribution is 5.55. The summed E-state index contributed by atoms with van der Waals surface area (Å²) in [6.07, 6.45) is -36.5. The number of ether oxygens (including phenoxy) is 2. The first-order valence-electron chi connectivity index (χ1n) is 12.1. The van der Waals surface area contributed by atoms with Gasteiger partial charge in [0.25, 0.3) is 11.2 Å². The zero-order valence-corrected chi connectivity index (χ0v) is 23.6. The summed E-state index contributed by atoms with van der Waals surface area (Å²) < 4.78 is 487. The fourth-order valence-corrected chi connectivity index (χ4v) is 5.88. The van der Waals surface area contributed by atoms with Crippen LogP contribution < -0.4 is 0 Å². The predicted octanol–water partition coefficient (Wildman–Crippen LogP) is 9.82. The molecule has 4 fully saturated rings. The molecule has 0 spiro atoms. The second kappa shape index (κ2) is 10.8. The third kappa shape index (κ3) is 3.89. The van der Waals surface area contributed by atoms with E-state index in [-0.39, 0.29) is 0 Å². The van der Waals surface area contributed by atoms with E-state index in [4.69, 9.17) is 0 Å². The average Bonchev–Trinajstić information content (AvgIpc) is 2.95. The minimum Gasteiger partial charge on any atom is -0.290 e. The van der Waals surface area contributed by atoms with Crippen molar-refractivity contribution >= 4 is 0 Å². The van der Waals surface area contributed by atoms with E-state index < -0.39 is 117 Å². The highest BCUT2D eigenvalue weighted by atomic mass is 19.4. The monoisotopic (exact) mass is 922 g/mol. The maximum absolute atomic E-state index is 15.8. The molecule has 0 amide bonds. The van der Waals surface area contributed by atoms with Gasteiger partial charge in [0.15, 0.2) is 0 Å². The Hall–Kier alpha value is -2.54. The van der Waals surface area contributed by atoms with Crippen LogP contribution in [0.3, 0.4) is 0 Å². The lowest BCUT2D eigenvalue weighted by Gasteiger charge is -2.76. The Morgan fingerprint density at radius 3 is 0.661 bits per heavy atom. The van der Waals surface area contributed by atoms with Gasteiger partial charge in [-0.2, -0.15) is 114 Å². The lowest BCUT2D eigenvalue weighted by Crippen LogP contribution is -3.11. The van der Waals surface area contributed by atoms with Crippen LogP contribution in [-0.2, 0) is 9.47 Å². The van der Waals surface area contributed by atoms with E-state index in [9.17, 15) is 97.0 Å². The van der Waals surface area contributed by atoms with Gasteiger partial charge in [-0.3, -0.25) is 9.47 Å². The molecule has 0 heterocycles. The summed E-state index contributed by atoms with van der Waals surface area (Å²) in [6, 6.07) is 0. The normalized spacial score (nSPS) is 35.8. The van der Waals surface area contributed by atoms with E-state index in [1.54, 1.807) is 0 Å². The zero-order chi connectivity index (χ0) is 45.6. The number of halogens is 34. The second-order valence-electron chi connectivity index (χ2n) is 11.2. The van der Waals surface area contributed by atoms with Gasteiger partial charge in [0.05, 0.1) is 10.7 Å². The van der Waals surface area contributed by atoms with Gasteiger partial charge >= 0.3 is 94.9 Å². The lowest BCUT2D eigenvalue weighted by molar-refractivity contribution is -0.661. The van der Waals surface area contributed by atoms with Gasteiger partial charge in [0.1, 0.15) is 0 Å². The number of nitrogens with zero attached hydrogens (tertiary/aromatic N) is 2. The molecule has 0 aliphatic heterocycles. The van der Waals surface area contributed by atoms with E-state index in [2.05, 4.69) is 0 Å². The molecule has 38 heteroatoms. The Labute approximate surface area is 277 Å². The van der Waals surface area contributed by atoms with Crippen LogP contribution in [0.15, 0.2) is 0 Å². The largest absolute Gasteiger partial charge is 0.458 e. The standard InChI is InChI=1S/C18F34N2O2/c19-1-5(21,22)2(20)8(27,28)3(6(1,23)24,55-17(45,46)13(37,53(49)50)11(33,34)15(39,40)41)10(31,32)4(7(1,25)26,9(2,29)30)56-18(47,48)14(38,54(51)52)12(35,36)16(42,43)44. The van der Waals surface area contributed by atoms with E-state index in [1.807, 2.05) is 0 Å². The van der Waals surface area contributed by atoms with E-state index in [0.29, 0.717) is 0 Å². The van der Waals surface area contributed by atoms with Gasteiger partial charge in [-0.05, 0) is 0 Å². The van der Waals surface area contributed by atoms with Crippen molar-refractivity contribution in [2.75, 3.05) is 0 Å². The summed E-state index contributed by atoms with van der Waals surface area (Å²) in [6.45, 7) is 0. The van der Waals surface area contributed by atoms with Crippen LogP contribution in [-0.4, -0.2) is 117 Å². The Kier molecular flexibility index (Phi) is 9.22. The molecule has 56 heavy (non-hydrogen) atoms. The summed E-state index contributed by atoms with van der Waals surface area (Å²) in [4.78, 5) is 0. The summed E-state index contributed by atoms with van der Waals surface area (Å²) in [5.41, 5.74) is -39.2. The molecule has 4 aliphatic rings. The molecular formula is C18F34N2O2. The van der Waals surface area contributed by atoms with Crippen LogP contribution in [0.1, 0.15) is 0 Å². The fourth-order valence-electron chi connectivity index (χ4n) is 5.88. The number of alkyl halides is 30. The van der Waals surface area contributed by atoms with Crippen LogP contribution >= 0.6 is 0 Å². The van der Waals surface area contributed by atoms with Gasteiger partial charge in [-0.15, -0.1) is 0 Å². The van der Waals surface area contributed by atoms with E-state index in [0.717, 1.165) is 9.47 Å². The van der Waals surface area contributed by atoms with Crippen molar-refractivity contribution in [2.45, 2.75) is 106 Å². The van der Waals surface area contributed by atoms with Crippen LogP contribution in [0.2, 0.25) is 0 Å². The Balaban J connectivity index is 2.79. The molecule has 2 atom stereocenters. The summed E-state index contributed by atoms with van der Waals surface area (Å²) in [5.74, 6) is -95.6. The average molecular weight is 922 g/mol. The molecule has 0 aromatic rings. The molecule has 0 aromatic carbocycles. The van der Waals surface area contributed by atoms with Gasteiger partial charge in [-0.1, -0.05) is 17.9 Å². The van der Waals surface area contributed by atoms with Gasteiger partial charge < -0.3 is 0 Å². The van der Waals surface area contributed by atoms with Crippen molar-refractivity contribution < 1.29 is 159 Å². The number of hydrogen-bond donors (Lipinski definition) is 0. The topological polar surface area (TPSA) is 24.9 Å². The summed E-state index contributed by atoms with van der Waals surface area (Å²) >= 11 is 0. The van der Waals surface area contributed by atoms with Crippen molar-refractivity contribution in [3.63, 3.8) is 0 Å². The number of rotatable bonds is 10. The molecule has 4 aliphatic carbocycles. The second-order valence-corrected chi connectivity index (χ2v) is 11.2.